The molecule has 0 unspecified atom stereocenters. The third-order valence-corrected chi connectivity index (χ3v) is 5.29. The van der Waals surface area contributed by atoms with Crippen molar-refractivity contribution >= 4 is 11.6 Å². The third kappa shape index (κ3) is 3.29. The van der Waals surface area contributed by atoms with Gasteiger partial charge in [-0.2, -0.15) is 0 Å². The van der Waals surface area contributed by atoms with E-state index in [9.17, 15) is 4.79 Å². The van der Waals surface area contributed by atoms with E-state index >= 15 is 0 Å². The van der Waals surface area contributed by atoms with Gasteiger partial charge in [0.15, 0.2) is 6.04 Å². The topological polar surface area (TPSA) is 33.5 Å². The Bertz CT molecular complexity index is 518. The lowest BCUT2D eigenvalue weighted by molar-refractivity contribution is -0.919. The Morgan fingerprint density at radius 1 is 1.24 bits per heavy atom. The van der Waals surface area contributed by atoms with Gasteiger partial charge < -0.3 is 10.2 Å². The molecule has 0 aromatic heterocycles. The first-order valence-electron chi connectivity index (χ1n) is 8.40. The number of likely N-dealkylation sites (tertiary alicyclic amines) is 1. The van der Waals surface area contributed by atoms with Crippen LogP contribution in [0.5, 0.6) is 0 Å². The van der Waals surface area contributed by atoms with Gasteiger partial charge in [-0.15, -0.1) is 0 Å². The SMILES string of the molecule is CC1CC[NH+]([C@H](C)C(=O)Nc2ccc3c(c2)CCC3)CC1. The minimum Gasteiger partial charge on any atom is -0.325 e. The van der Waals surface area contributed by atoms with Crippen molar-refractivity contribution < 1.29 is 9.69 Å². The number of benzene rings is 1. The van der Waals surface area contributed by atoms with Crippen molar-refractivity contribution in [3.63, 3.8) is 0 Å². The Morgan fingerprint density at radius 2 is 1.95 bits per heavy atom. The van der Waals surface area contributed by atoms with E-state index in [4.69, 9.17) is 0 Å². The fourth-order valence-electron chi connectivity index (χ4n) is 3.65. The van der Waals surface area contributed by atoms with Crippen molar-refractivity contribution in [1.29, 1.82) is 0 Å². The summed E-state index contributed by atoms with van der Waals surface area (Å²) in [5, 5.41) is 3.12. The Balaban J connectivity index is 1.60. The number of hydrogen-bond acceptors (Lipinski definition) is 1. The van der Waals surface area contributed by atoms with E-state index in [0.717, 1.165) is 31.1 Å². The average Bonchev–Trinajstić information content (AvgIpc) is 2.95. The highest BCUT2D eigenvalue weighted by molar-refractivity contribution is 5.93. The van der Waals surface area contributed by atoms with Crippen LogP contribution in [0.4, 0.5) is 5.69 Å². The first kappa shape index (κ1) is 14.6. The van der Waals surface area contributed by atoms with Gasteiger partial charge in [0.2, 0.25) is 0 Å². The lowest BCUT2D eigenvalue weighted by Crippen LogP contribution is -3.17. The van der Waals surface area contributed by atoms with Crippen molar-refractivity contribution in [3.8, 4) is 0 Å². The van der Waals surface area contributed by atoms with Crippen LogP contribution in [0.2, 0.25) is 0 Å². The zero-order valence-corrected chi connectivity index (χ0v) is 13.2. The van der Waals surface area contributed by atoms with E-state index in [0.29, 0.717) is 0 Å². The molecule has 1 aliphatic heterocycles. The molecular formula is C18H27N2O+. The van der Waals surface area contributed by atoms with Gasteiger partial charge in [-0.1, -0.05) is 13.0 Å². The van der Waals surface area contributed by atoms with E-state index in [1.807, 2.05) is 0 Å². The van der Waals surface area contributed by atoms with Gasteiger partial charge in [0, 0.05) is 5.69 Å². The summed E-state index contributed by atoms with van der Waals surface area (Å²) in [5.41, 5.74) is 3.84. The van der Waals surface area contributed by atoms with Crippen molar-refractivity contribution in [2.75, 3.05) is 18.4 Å². The van der Waals surface area contributed by atoms with Gasteiger partial charge in [-0.05, 0) is 68.2 Å². The van der Waals surface area contributed by atoms with E-state index in [1.165, 1.54) is 41.7 Å². The number of aryl methyl sites for hydroxylation is 2. The summed E-state index contributed by atoms with van der Waals surface area (Å²) in [6, 6.07) is 6.45. The van der Waals surface area contributed by atoms with Gasteiger partial charge in [0.05, 0.1) is 13.1 Å². The van der Waals surface area contributed by atoms with E-state index in [2.05, 4.69) is 37.4 Å². The molecule has 1 amide bonds. The molecule has 1 atom stereocenters. The van der Waals surface area contributed by atoms with E-state index in [-0.39, 0.29) is 11.9 Å². The predicted molar refractivity (Wildman–Crippen MR) is 85.7 cm³/mol. The molecule has 0 radical (unpaired) electrons. The van der Waals surface area contributed by atoms with Crippen LogP contribution in [-0.4, -0.2) is 25.0 Å². The first-order chi connectivity index (χ1) is 10.1. The fraction of sp³-hybridized carbons (Fsp3) is 0.611. The Hall–Kier alpha value is -1.35. The highest BCUT2D eigenvalue weighted by Gasteiger charge is 2.28. The molecule has 21 heavy (non-hydrogen) atoms. The van der Waals surface area contributed by atoms with Gasteiger partial charge >= 0.3 is 0 Å². The van der Waals surface area contributed by atoms with Gasteiger partial charge in [0.1, 0.15) is 0 Å². The maximum atomic E-state index is 12.5. The molecule has 1 aromatic carbocycles. The number of nitrogens with one attached hydrogen (secondary N) is 2. The average molecular weight is 287 g/mol. The Labute approximate surface area is 127 Å². The zero-order valence-electron chi connectivity index (χ0n) is 13.2. The molecular weight excluding hydrogens is 260 g/mol. The largest absolute Gasteiger partial charge is 0.325 e. The van der Waals surface area contributed by atoms with Crippen LogP contribution >= 0.6 is 0 Å². The van der Waals surface area contributed by atoms with Crippen LogP contribution in [0, 0.1) is 5.92 Å². The Kier molecular flexibility index (Phi) is 4.29. The second-order valence-electron chi connectivity index (χ2n) is 6.89. The number of hydrogen-bond donors (Lipinski definition) is 2. The minimum absolute atomic E-state index is 0.0470. The third-order valence-electron chi connectivity index (χ3n) is 5.29. The molecule has 0 bridgehead atoms. The van der Waals surface area contributed by atoms with Crippen LogP contribution in [0.1, 0.15) is 44.2 Å². The van der Waals surface area contributed by atoms with Gasteiger partial charge in [0.25, 0.3) is 5.91 Å². The molecule has 114 valence electrons. The summed E-state index contributed by atoms with van der Waals surface area (Å²) in [4.78, 5) is 13.9. The molecule has 1 saturated heterocycles. The summed E-state index contributed by atoms with van der Waals surface area (Å²) < 4.78 is 0. The quantitative estimate of drug-likeness (QED) is 0.873. The van der Waals surface area contributed by atoms with Crippen LogP contribution in [0.15, 0.2) is 18.2 Å². The summed E-state index contributed by atoms with van der Waals surface area (Å²) in [6.45, 7) is 6.62. The second-order valence-corrected chi connectivity index (χ2v) is 6.89. The number of piperidine rings is 1. The lowest BCUT2D eigenvalue weighted by Gasteiger charge is -2.31. The number of carbonyl (C=O) groups is 1. The molecule has 1 aliphatic carbocycles. The Morgan fingerprint density at radius 3 is 2.71 bits per heavy atom. The van der Waals surface area contributed by atoms with Crippen molar-refractivity contribution in [1.82, 2.24) is 0 Å². The highest BCUT2D eigenvalue weighted by Crippen LogP contribution is 2.24. The first-order valence-corrected chi connectivity index (χ1v) is 8.40. The second kappa shape index (κ2) is 6.18. The smallest absolute Gasteiger partial charge is 0.282 e. The number of quaternary nitrogens is 1. The van der Waals surface area contributed by atoms with Crippen molar-refractivity contribution in [3.05, 3.63) is 29.3 Å². The summed E-state index contributed by atoms with van der Waals surface area (Å²) in [7, 11) is 0. The minimum atomic E-state index is 0.0470. The van der Waals surface area contributed by atoms with Crippen molar-refractivity contribution in [2.24, 2.45) is 5.92 Å². The monoisotopic (exact) mass is 287 g/mol. The summed E-state index contributed by atoms with van der Waals surface area (Å²) in [5.74, 6) is 0.984. The van der Waals surface area contributed by atoms with Crippen LogP contribution in [0.25, 0.3) is 0 Å². The molecule has 2 aliphatic rings. The molecule has 0 saturated carbocycles. The molecule has 3 rings (SSSR count). The molecule has 0 spiro atoms. The predicted octanol–water partition coefficient (Wildman–Crippen LogP) is 1.82. The van der Waals surface area contributed by atoms with E-state index in [1.54, 1.807) is 0 Å². The number of rotatable bonds is 3. The molecule has 1 aromatic rings. The van der Waals surface area contributed by atoms with Gasteiger partial charge in [-0.3, -0.25) is 4.79 Å². The van der Waals surface area contributed by atoms with E-state index < -0.39 is 0 Å². The summed E-state index contributed by atoms with van der Waals surface area (Å²) in [6.07, 6.45) is 6.08. The van der Waals surface area contributed by atoms with Crippen LogP contribution in [-0.2, 0) is 17.6 Å². The molecule has 3 nitrogen and oxygen atoms in total. The molecule has 1 heterocycles. The maximum Gasteiger partial charge on any atom is 0.282 e. The van der Waals surface area contributed by atoms with Crippen molar-refractivity contribution in [2.45, 2.75) is 52.0 Å². The maximum absolute atomic E-state index is 12.5. The standard InChI is InChI=1S/C18H26N2O/c1-13-8-10-20(11-9-13)14(2)18(21)19-17-7-6-15-4-3-5-16(15)12-17/h6-7,12-14H,3-5,8-11H2,1-2H3,(H,19,21)/p+1/t14-/m1/s1. The fourth-order valence-corrected chi connectivity index (χ4v) is 3.65. The zero-order chi connectivity index (χ0) is 14.8. The molecule has 2 N–H and O–H groups in total. The summed E-state index contributed by atoms with van der Waals surface area (Å²) >= 11 is 0. The molecule has 3 heteroatoms. The normalized spacial score (nSPS) is 26.2. The highest BCUT2D eigenvalue weighted by atomic mass is 16.2. The number of amides is 1. The van der Waals surface area contributed by atoms with Gasteiger partial charge in [-0.25, -0.2) is 0 Å². The number of carbonyl (C=O) groups excluding carboxylic acids is 1. The molecule has 1 fully saturated rings. The van der Waals surface area contributed by atoms with Crippen LogP contribution in [0.3, 0.4) is 0 Å². The van der Waals surface area contributed by atoms with Crippen LogP contribution < -0.4 is 10.2 Å². The number of fused-ring (bicyclic) bond motifs is 1. The lowest BCUT2D eigenvalue weighted by atomic mass is 9.98. The number of anilines is 1.